The monoisotopic (exact) mass is 1640 g/mol. The van der Waals surface area contributed by atoms with Crippen molar-refractivity contribution in [2.75, 3.05) is 0 Å². The maximum atomic E-state index is 5.53. The summed E-state index contributed by atoms with van der Waals surface area (Å²) >= 11 is 0. The molecule has 0 fully saturated rings. The Morgan fingerprint density at radius 3 is 0.586 bits per heavy atom. The molecule has 0 saturated heterocycles. The molecule has 598 valence electrons. The molecule has 0 aliphatic heterocycles. The molecule has 23 rings (SSSR count). The molecule has 0 aliphatic rings. The average Bonchev–Trinajstić information content (AvgIpc) is 1.56. The first-order valence-corrected chi connectivity index (χ1v) is 42.3. The van der Waals surface area contributed by atoms with Crippen molar-refractivity contribution in [1.29, 1.82) is 0 Å². The number of benzene rings is 16. The van der Waals surface area contributed by atoms with Crippen LogP contribution >= 0.6 is 0 Å². The molecule has 0 amide bonds. The predicted octanol–water partition coefficient (Wildman–Crippen LogP) is 26.1. The fraction of sp³-hybridized carbons (Fsp3) is 0. The van der Waals surface area contributed by atoms with E-state index in [2.05, 4.69) is 155 Å². The van der Waals surface area contributed by atoms with E-state index in [1.165, 1.54) is 0 Å². The molecule has 16 nitrogen and oxygen atoms in total. The minimum Gasteiger partial charge on any atom is -0.309 e. The highest BCUT2D eigenvalue weighted by Gasteiger charge is 2.27. The van der Waals surface area contributed by atoms with E-state index >= 15 is 0 Å². The fourth-order valence-corrected chi connectivity index (χ4v) is 16.9. The Labute approximate surface area is 735 Å². The SMILES string of the molecule is c1ccc(-c2cc(-c3ccc(-c4ccccc4-n4c5ccc(-c6nc(-c7ccccc7)nc(-c7ccccc7)n6)cc5c5cc(-c6nc(-c7ccccc7)nc(-c7ccccc7)n6)ccc54)c(-n4c5ccc(-c6nc(-c7ccccc7)nc(-c7ccccc7)n6)cc5c5cc(-c6nc(-c7ccccc7)nc(-c7ccccc7)n6)ccc54)c3)nc(-c3ccccc3)n2)cc1. The summed E-state index contributed by atoms with van der Waals surface area (Å²) in [5.41, 5.74) is 21.5. The topological polar surface area (TPSA) is 190 Å². The predicted molar refractivity (Wildman–Crippen MR) is 511 cm³/mol. The van der Waals surface area contributed by atoms with Crippen molar-refractivity contribution < 1.29 is 0 Å². The number of hydrogen-bond acceptors (Lipinski definition) is 14. The van der Waals surface area contributed by atoms with Gasteiger partial charge in [0.2, 0.25) is 0 Å². The summed E-state index contributed by atoms with van der Waals surface area (Å²) in [6, 6.07) is 145. The molecule has 0 bridgehead atoms. The molecule has 128 heavy (non-hydrogen) atoms. The normalized spacial score (nSPS) is 11.4. The summed E-state index contributed by atoms with van der Waals surface area (Å²) in [5, 5.41) is 3.70. The number of rotatable bonds is 18. The summed E-state index contributed by atoms with van der Waals surface area (Å²) in [7, 11) is 0. The van der Waals surface area contributed by atoms with Gasteiger partial charge in [0.25, 0.3) is 0 Å². The van der Waals surface area contributed by atoms with Gasteiger partial charge in [-0.1, -0.05) is 334 Å². The third kappa shape index (κ3) is 14.4. The van der Waals surface area contributed by atoms with Gasteiger partial charge in [-0.05, 0) is 91.0 Å². The molecule has 0 unspecified atom stereocenters. The molecule has 0 spiro atoms. The van der Waals surface area contributed by atoms with E-state index in [-0.39, 0.29) is 0 Å². The van der Waals surface area contributed by atoms with Crippen molar-refractivity contribution in [3.05, 3.63) is 425 Å². The number of para-hydroxylation sites is 1. The van der Waals surface area contributed by atoms with Gasteiger partial charge in [0, 0.05) is 116 Å². The smallest absolute Gasteiger partial charge is 0.164 e. The van der Waals surface area contributed by atoms with Crippen LogP contribution in [0.15, 0.2) is 425 Å². The van der Waals surface area contributed by atoms with Gasteiger partial charge in [0.1, 0.15) is 0 Å². The number of fused-ring (bicyclic) bond motifs is 6. The minimum absolute atomic E-state index is 0.507. The van der Waals surface area contributed by atoms with Crippen LogP contribution < -0.4 is 0 Å². The third-order valence-corrected chi connectivity index (χ3v) is 23.2. The average molecular weight is 1640 g/mol. The number of nitrogens with zero attached hydrogens (tertiary/aromatic N) is 16. The van der Waals surface area contributed by atoms with Crippen LogP contribution in [0.25, 0.3) is 237 Å². The maximum Gasteiger partial charge on any atom is 0.164 e. The second-order valence-electron chi connectivity index (χ2n) is 31.2. The highest BCUT2D eigenvalue weighted by atomic mass is 15.1. The zero-order valence-electron chi connectivity index (χ0n) is 68.6. The summed E-state index contributed by atoms with van der Waals surface area (Å²) in [6.07, 6.45) is 0. The van der Waals surface area contributed by atoms with Crippen LogP contribution in [-0.2, 0) is 0 Å². The standard InChI is InChI=1S/C112H70N16/c1-11-33-71(34-12-1)92-70-93(114-100(113-92)72-35-13-2-14-36-72)81-55-60-87(99(69-81)128-97-63-58-84(111-123-105(77-45-23-7-24-46-77)117-106(124-111)78-47-25-8-26-48-78)67-90(97)91-68-85(59-64-98(91)128)112-125-107(79-49-27-9-28-50-79)118-108(126-112)80-51-29-10-30-52-80)86-53-31-32-54-94(86)127-95-61-56-82(109-119-101(73-37-15-3-16-38-73)115-102(120-109)74-39-17-4-18-40-74)65-88(95)89-66-83(57-62-96(89)127)110-121-103(75-41-19-5-20-42-75)116-104(122-110)76-43-21-6-22-44-76/h1-70H. The van der Waals surface area contributed by atoms with Crippen LogP contribution in [0.1, 0.15) is 0 Å². The molecule has 16 heteroatoms. The van der Waals surface area contributed by atoms with Gasteiger partial charge in [0.05, 0.1) is 44.8 Å². The fourth-order valence-electron chi connectivity index (χ4n) is 16.9. The Hall–Kier alpha value is -17.8. The van der Waals surface area contributed by atoms with Crippen molar-refractivity contribution in [2.45, 2.75) is 0 Å². The summed E-state index contributed by atoms with van der Waals surface area (Å²) in [4.78, 5) is 74.0. The van der Waals surface area contributed by atoms with Gasteiger partial charge in [-0.2, -0.15) is 0 Å². The lowest BCUT2D eigenvalue weighted by molar-refractivity contribution is 1.07. The first-order chi connectivity index (χ1) is 63.4. The molecule has 7 aromatic heterocycles. The van der Waals surface area contributed by atoms with E-state index in [1.807, 2.05) is 279 Å². The lowest BCUT2D eigenvalue weighted by Crippen LogP contribution is -2.03. The van der Waals surface area contributed by atoms with Crippen molar-refractivity contribution >= 4 is 43.6 Å². The zero-order valence-corrected chi connectivity index (χ0v) is 68.6. The molecule has 0 saturated carbocycles. The maximum absolute atomic E-state index is 5.53. The van der Waals surface area contributed by atoms with Crippen LogP contribution in [0.3, 0.4) is 0 Å². The molecule has 23 aromatic rings. The van der Waals surface area contributed by atoms with E-state index in [1.54, 1.807) is 0 Å². The van der Waals surface area contributed by atoms with Crippen LogP contribution in [0.4, 0.5) is 0 Å². The molecule has 0 N–H and O–H groups in total. The lowest BCUT2D eigenvalue weighted by atomic mass is 9.97. The zero-order chi connectivity index (χ0) is 84.8. The van der Waals surface area contributed by atoms with Crippen molar-refractivity contribution in [3.63, 3.8) is 0 Å². The van der Waals surface area contributed by atoms with E-state index < -0.39 is 0 Å². The van der Waals surface area contributed by atoms with E-state index in [9.17, 15) is 0 Å². The molecular formula is C112H70N16. The van der Waals surface area contributed by atoms with Crippen molar-refractivity contribution in [2.24, 2.45) is 0 Å². The Morgan fingerprint density at radius 2 is 0.320 bits per heavy atom. The summed E-state index contributed by atoms with van der Waals surface area (Å²) in [5.74, 6) is 7.06. The first-order valence-electron chi connectivity index (χ1n) is 42.3. The van der Waals surface area contributed by atoms with E-state index in [0.29, 0.717) is 75.7 Å². The first kappa shape index (κ1) is 75.2. The van der Waals surface area contributed by atoms with Gasteiger partial charge >= 0.3 is 0 Å². The van der Waals surface area contributed by atoms with Crippen LogP contribution in [-0.4, -0.2) is 78.9 Å². The molecule has 7 heterocycles. The quantitative estimate of drug-likeness (QED) is 0.0788. The molecule has 0 radical (unpaired) electrons. The Kier molecular flexibility index (Phi) is 19.1. The summed E-state index contributed by atoms with van der Waals surface area (Å²) < 4.78 is 4.79. The molecule has 0 aliphatic carbocycles. The second-order valence-corrected chi connectivity index (χ2v) is 31.2. The van der Waals surface area contributed by atoms with Crippen molar-refractivity contribution in [3.8, 4) is 193 Å². The highest BCUT2D eigenvalue weighted by molar-refractivity contribution is 6.14. The number of aromatic nitrogens is 16. The third-order valence-electron chi connectivity index (χ3n) is 23.2. The highest BCUT2D eigenvalue weighted by Crippen LogP contribution is 2.46. The second kappa shape index (κ2) is 32.6. The van der Waals surface area contributed by atoms with Crippen LogP contribution in [0.2, 0.25) is 0 Å². The van der Waals surface area contributed by atoms with Gasteiger partial charge in [-0.25, -0.2) is 69.8 Å². The summed E-state index contributed by atoms with van der Waals surface area (Å²) in [6.45, 7) is 0. The Balaban J connectivity index is 0.788. The number of hydrogen-bond donors (Lipinski definition) is 0. The van der Waals surface area contributed by atoms with E-state index in [0.717, 1.165) is 161 Å². The van der Waals surface area contributed by atoms with Gasteiger partial charge in [0.15, 0.2) is 75.7 Å². The Morgan fingerprint density at radius 1 is 0.125 bits per heavy atom. The van der Waals surface area contributed by atoms with Crippen LogP contribution in [0.5, 0.6) is 0 Å². The van der Waals surface area contributed by atoms with Crippen LogP contribution in [0, 0.1) is 0 Å². The lowest BCUT2D eigenvalue weighted by Gasteiger charge is -2.20. The van der Waals surface area contributed by atoms with E-state index in [4.69, 9.17) is 69.8 Å². The van der Waals surface area contributed by atoms with Gasteiger partial charge in [-0.3, -0.25) is 0 Å². The molecular weight excluding hydrogens is 1570 g/mol. The molecule has 16 aromatic carbocycles. The van der Waals surface area contributed by atoms with Gasteiger partial charge in [-0.15, -0.1) is 0 Å². The largest absolute Gasteiger partial charge is 0.309 e. The van der Waals surface area contributed by atoms with Gasteiger partial charge < -0.3 is 9.13 Å². The Bertz CT molecular complexity index is 7480. The molecule has 0 atom stereocenters. The minimum atomic E-state index is 0.507. The van der Waals surface area contributed by atoms with Crippen molar-refractivity contribution in [1.82, 2.24) is 78.9 Å².